The average molecular weight is 289 g/mol. The van der Waals surface area contributed by atoms with Gasteiger partial charge in [0.15, 0.2) is 6.29 Å². The Balaban J connectivity index is 2.25. The van der Waals surface area contributed by atoms with Crippen LogP contribution in [0.15, 0.2) is 30.3 Å². The van der Waals surface area contributed by atoms with Crippen molar-refractivity contribution in [2.75, 3.05) is 0 Å². The first-order chi connectivity index (χ1) is 9.52. The van der Waals surface area contributed by atoms with Gasteiger partial charge in [0.2, 0.25) is 0 Å². The Morgan fingerprint density at radius 2 is 1.75 bits per heavy atom. The van der Waals surface area contributed by atoms with Crippen molar-refractivity contribution in [3.63, 3.8) is 0 Å². The standard InChI is InChI=1S/C17H17ClO2/c1-11-8-12(2)17(13(3)16(11)9-19)10-20-15-6-4-14(18)5-7-15/h4-9H,10H2,1-3H3. The van der Waals surface area contributed by atoms with Crippen molar-refractivity contribution >= 4 is 17.9 Å². The quantitative estimate of drug-likeness (QED) is 0.765. The molecule has 0 aliphatic carbocycles. The Bertz CT molecular complexity index is 630. The largest absolute Gasteiger partial charge is 0.489 e. The first kappa shape index (κ1) is 14.6. The van der Waals surface area contributed by atoms with E-state index in [0.717, 1.165) is 39.9 Å². The molecule has 20 heavy (non-hydrogen) atoms. The Morgan fingerprint density at radius 3 is 2.35 bits per heavy atom. The van der Waals surface area contributed by atoms with Gasteiger partial charge in [0, 0.05) is 10.6 Å². The lowest BCUT2D eigenvalue weighted by Crippen LogP contribution is -2.05. The fourth-order valence-electron chi connectivity index (χ4n) is 2.33. The highest BCUT2D eigenvalue weighted by atomic mass is 35.5. The molecular weight excluding hydrogens is 272 g/mol. The van der Waals surface area contributed by atoms with Crippen LogP contribution in [0.5, 0.6) is 5.75 Å². The van der Waals surface area contributed by atoms with Gasteiger partial charge in [-0.05, 0) is 67.3 Å². The summed E-state index contributed by atoms with van der Waals surface area (Å²) in [6, 6.07) is 9.28. The number of carbonyl (C=O) groups is 1. The Hall–Kier alpha value is -1.80. The third-order valence-corrected chi connectivity index (χ3v) is 3.76. The van der Waals surface area contributed by atoms with Gasteiger partial charge in [0.25, 0.3) is 0 Å². The van der Waals surface area contributed by atoms with Crippen molar-refractivity contribution in [1.82, 2.24) is 0 Å². The minimum Gasteiger partial charge on any atom is -0.489 e. The molecule has 0 saturated heterocycles. The van der Waals surface area contributed by atoms with E-state index in [0.29, 0.717) is 11.6 Å². The molecule has 2 aromatic rings. The van der Waals surface area contributed by atoms with E-state index in [1.54, 1.807) is 12.1 Å². The van der Waals surface area contributed by atoms with E-state index < -0.39 is 0 Å². The molecule has 2 rings (SSSR count). The monoisotopic (exact) mass is 288 g/mol. The maximum atomic E-state index is 11.2. The molecule has 0 aliphatic rings. The molecule has 0 fully saturated rings. The Kier molecular flexibility index (Phi) is 4.46. The summed E-state index contributed by atoms with van der Waals surface area (Å²) in [6.45, 7) is 6.40. The SMILES string of the molecule is Cc1cc(C)c(COc2ccc(Cl)cc2)c(C)c1C=O. The van der Waals surface area contributed by atoms with E-state index in [4.69, 9.17) is 16.3 Å². The van der Waals surface area contributed by atoms with Crippen LogP contribution < -0.4 is 4.74 Å². The van der Waals surface area contributed by atoms with Crippen molar-refractivity contribution in [3.05, 3.63) is 63.2 Å². The van der Waals surface area contributed by atoms with E-state index >= 15 is 0 Å². The van der Waals surface area contributed by atoms with Gasteiger partial charge in [-0.3, -0.25) is 4.79 Å². The van der Waals surface area contributed by atoms with Crippen LogP contribution in [0.25, 0.3) is 0 Å². The first-order valence-corrected chi connectivity index (χ1v) is 6.84. The molecule has 0 aliphatic heterocycles. The molecule has 0 heterocycles. The molecule has 0 atom stereocenters. The number of halogens is 1. The lowest BCUT2D eigenvalue weighted by atomic mass is 9.94. The van der Waals surface area contributed by atoms with Crippen molar-refractivity contribution in [1.29, 1.82) is 0 Å². The summed E-state index contributed by atoms with van der Waals surface area (Å²) in [5.41, 5.74) is 4.95. The summed E-state index contributed by atoms with van der Waals surface area (Å²) in [4.78, 5) is 11.2. The zero-order valence-corrected chi connectivity index (χ0v) is 12.6. The maximum Gasteiger partial charge on any atom is 0.150 e. The normalized spacial score (nSPS) is 10.4. The highest BCUT2D eigenvalue weighted by Crippen LogP contribution is 2.23. The molecule has 0 unspecified atom stereocenters. The number of aldehydes is 1. The minimum absolute atomic E-state index is 0.445. The topological polar surface area (TPSA) is 26.3 Å². The summed E-state index contributed by atoms with van der Waals surface area (Å²) in [5, 5.41) is 0.684. The first-order valence-electron chi connectivity index (χ1n) is 6.46. The minimum atomic E-state index is 0.445. The van der Waals surface area contributed by atoms with Crippen LogP contribution in [0.3, 0.4) is 0 Å². The predicted molar refractivity (Wildman–Crippen MR) is 81.8 cm³/mol. The Labute approximate surface area is 124 Å². The van der Waals surface area contributed by atoms with Crippen LogP contribution in [0.1, 0.15) is 32.6 Å². The van der Waals surface area contributed by atoms with Gasteiger partial charge in [-0.25, -0.2) is 0 Å². The molecule has 2 aromatic carbocycles. The molecule has 104 valence electrons. The second kappa shape index (κ2) is 6.10. The fourth-order valence-corrected chi connectivity index (χ4v) is 2.46. The zero-order chi connectivity index (χ0) is 14.7. The third kappa shape index (κ3) is 3.02. The molecular formula is C17H17ClO2. The second-order valence-electron chi connectivity index (χ2n) is 4.89. The maximum absolute atomic E-state index is 11.2. The molecule has 0 bridgehead atoms. The van der Waals surface area contributed by atoms with Gasteiger partial charge in [-0.1, -0.05) is 17.7 Å². The van der Waals surface area contributed by atoms with E-state index in [1.165, 1.54) is 0 Å². The van der Waals surface area contributed by atoms with Crippen molar-refractivity contribution < 1.29 is 9.53 Å². The highest BCUT2D eigenvalue weighted by molar-refractivity contribution is 6.30. The number of benzene rings is 2. The number of hydrogen-bond donors (Lipinski definition) is 0. The van der Waals surface area contributed by atoms with Crippen LogP contribution in [0.2, 0.25) is 5.02 Å². The zero-order valence-electron chi connectivity index (χ0n) is 11.9. The summed E-state index contributed by atoms with van der Waals surface area (Å²) in [7, 11) is 0. The molecule has 3 heteroatoms. The van der Waals surface area contributed by atoms with Crippen LogP contribution >= 0.6 is 11.6 Å². The molecule has 0 spiro atoms. The summed E-state index contributed by atoms with van der Waals surface area (Å²) >= 11 is 5.84. The molecule has 2 nitrogen and oxygen atoms in total. The number of ether oxygens (including phenoxy) is 1. The van der Waals surface area contributed by atoms with Crippen molar-refractivity contribution in [3.8, 4) is 5.75 Å². The van der Waals surface area contributed by atoms with Gasteiger partial charge in [-0.2, -0.15) is 0 Å². The van der Waals surface area contributed by atoms with Crippen LogP contribution in [0.4, 0.5) is 0 Å². The van der Waals surface area contributed by atoms with Crippen LogP contribution in [0, 0.1) is 20.8 Å². The molecule has 0 aromatic heterocycles. The second-order valence-corrected chi connectivity index (χ2v) is 5.32. The molecule has 0 amide bonds. The summed E-state index contributed by atoms with van der Waals surface area (Å²) < 4.78 is 5.77. The lowest BCUT2D eigenvalue weighted by Gasteiger charge is -2.15. The summed E-state index contributed by atoms with van der Waals surface area (Å²) in [6.07, 6.45) is 0.913. The number of aryl methyl sites for hydroxylation is 2. The van der Waals surface area contributed by atoms with E-state index in [-0.39, 0.29) is 0 Å². The smallest absolute Gasteiger partial charge is 0.150 e. The predicted octanol–water partition coefficient (Wildman–Crippen LogP) is 4.66. The number of hydrogen-bond acceptors (Lipinski definition) is 2. The van der Waals surface area contributed by atoms with E-state index in [2.05, 4.69) is 0 Å². The highest BCUT2D eigenvalue weighted by Gasteiger charge is 2.11. The van der Waals surface area contributed by atoms with Gasteiger partial charge in [-0.15, -0.1) is 0 Å². The van der Waals surface area contributed by atoms with Crippen LogP contribution in [-0.4, -0.2) is 6.29 Å². The van der Waals surface area contributed by atoms with Gasteiger partial charge < -0.3 is 4.74 Å². The van der Waals surface area contributed by atoms with E-state index in [1.807, 2.05) is 39.0 Å². The van der Waals surface area contributed by atoms with Gasteiger partial charge >= 0.3 is 0 Å². The van der Waals surface area contributed by atoms with E-state index in [9.17, 15) is 4.79 Å². The summed E-state index contributed by atoms with van der Waals surface area (Å²) in [5.74, 6) is 0.765. The van der Waals surface area contributed by atoms with Crippen LogP contribution in [-0.2, 0) is 6.61 Å². The van der Waals surface area contributed by atoms with Gasteiger partial charge in [0.1, 0.15) is 12.4 Å². The number of rotatable bonds is 4. The average Bonchev–Trinajstić information content (AvgIpc) is 2.40. The number of carbonyl (C=O) groups excluding carboxylic acids is 1. The third-order valence-electron chi connectivity index (χ3n) is 3.51. The Morgan fingerprint density at radius 1 is 1.10 bits per heavy atom. The van der Waals surface area contributed by atoms with Crippen molar-refractivity contribution in [2.45, 2.75) is 27.4 Å². The van der Waals surface area contributed by atoms with Gasteiger partial charge in [0.05, 0.1) is 0 Å². The molecule has 0 radical (unpaired) electrons. The molecule has 0 saturated carbocycles. The fraction of sp³-hybridized carbons (Fsp3) is 0.235. The van der Waals surface area contributed by atoms with Crippen molar-refractivity contribution in [2.24, 2.45) is 0 Å². The lowest BCUT2D eigenvalue weighted by molar-refractivity contribution is 0.112. The molecule has 0 N–H and O–H groups in total.